The molecule has 1 aromatic carbocycles. The molecule has 0 saturated carbocycles. The van der Waals surface area contributed by atoms with E-state index in [1.807, 2.05) is 24.3 Å². The van der Waals surface area contributed by atoms with E-state index in [1.165, 1.54) is 6.92 Å². The number of benzene rings is 1. The minimum atomic E-state index is -1.32. The van der Waals surface area contributed by atoms with Crippen molar-refractivity contribution in [2.45, 2.75) is 38.8 Å². The number of hydrogen-bond donors (Lipinski definition) is 2. The van der Waals surface area contributed by atoms with Gasteiger partial charge in [0, 0.05) is 19.5 Å². The van der Waals surface area contributed by atoms with Gasteiger partial charge in [0.25, 0.3) is 0 Å². The van der Waals surface area contributed by atoms with E-state index in [9.17, 15) is 19.5 Å². The Morgan fingerprint density at radius 1 is 1.36 bits per heavy atom. The second-order valence-electron chi connectivity index (χ2n) is 6.50. The van der Waals surface area contributed by atoms with E-state index in [4.69, 9.17) is 4.74 Å². The second kappa shape index (κ2) is 7.55. The number of rotatable bonds is 7. The summed E-state index contributed by atoms with van der Waals surface area (Å²) < 4.78 is 5.10. The van der Waals surface area contributed by atoms with Crippen LogP contribution < -0.4 is 10.1 Å². The van der Waals surface area contributed by atoms with E-state index in [0.717, 1.165) is 11.3 Å². The van der Waals surface area contributed by atoms with Gasteiger partial charge in [-0.25, -0.2) is 4.79 Å². The molecular weight excluding hydrogens is 324 g/mol. The predicted molar refractivity (Wildman–Crippen MR) is 91.0 cm³/mol. The number of aliphatic carboxylic acids is 1. The summed E-state index contributed by atoms with van der Waals surface area (Å²) in [5, 5.41) is 11.8. The smallest absolute Gasteiger partial charge is 0.329 e. The van der Waals surface area contributed by atoms with Crippen LogP contribution in [0.25, 0.3) is 0 Å². The molecule has 7 nitrogen and oxygen atoms in total. The van der Waals surface area contributed by atoms with Gasteiger partial charge in [-0.1, -0.05) is 19.1 Å². The maximum Gasteiger partial charge on any atom is 0.329 e. The second-order valence-corrected chi connectivity index (χ2v) is 6.50. The molecule has 0 aliphatic carbocycles. The van der Waals surface area contributed by atoms with Crippen LogP contribution in [0.5, 0.6) is 5.75 Å². The normalized spacial score (nSPS) is 19.4. The third kappa shape index (κ3) is 4.29. The molecule has 2 atom stereocenters. The highest BCUT2D eigenvalue weighted by atomic mass is 16.5. The maximum atomic E-state index is 12.4. The quantitative estimate of drug-likeness (QED) is 0.777. The van der Waals surface area contributed by atoms with Crippen LogP contribution in [0.3, 0.4) is 0 Å². The Bertz CT molecular complexity index is 658. The Morgan fingerprint density at radius 2 is 2.00 bits per heavy atom. The molecular formula is C18H24N2O5. The number of carbonyl (C=O) groups excluding carboxylic acids is 2. The third-order valence-electron chi connectivity index (χ3n) is 4.70. The van der Waals surface area contributed by atoms with Crippen molar-refractivity contribution < 1.29 is 24.2 Å². The number of nitrogens with zero attached hydrogens (tertiary/aromatic N) is 1. The van der Waals surface area contributed by atoms with Crippen LogP contribution in [-0.4, -0.2) is 47.0 Å². The summed E-state index contributed by atoms with van der Waals surface area (Å²) in [6, 6.07) is 7.38. The zero-order chi connectivity index (χ0) is 18.6. The average molecular weight is 348 g/mol. The van der Waals surface area contributed by atoms with Crippen molar-refractivity contribution in [3.05, 3.63) is 29.8 Å². The summed E-state index contributed by atoms with van der Waals surface area (Å²) in [5.74, 6) is -1.37. The lowest BCUT2D eigenvalue weighted by Crippen LogP contribution is -2.53. The Kier molecular flexibility index (Phi) is 5.66. The summed E-state index contributed by atoms with van der Waals surface area (Å²) in [6.45, 7) is 3.87. The number of methoxy groups -OCH3 is 1. The first-order valence-electron chi connectivity index (χ1n) is 8.25. The number of carbonyl (C=O) groups is 3. The molecule has 2 rings (SSSR count). The third-order valence-corrected chi connectivity index (χ3v) is 4.70. The standard InChI is InChI=1S/C18H24N2O5/c1-4-18(2,17(23)24)19-16(22)13-9-15(21)20(11-13)10-12-5-7-14(25-3)8-6-12/h5-8,13H,4,9-11H2,1-3H3,(H,19,22)(H,23,24). The van der Waals surface area contributed by atoms with Gasteiger partial charge in [-0.05, 0) is 31.0 Å². The first-order chi connectivity index (χ1) is 11.8. The lowest BCUT2D eigenvalue weighted by atomic mass is 9.97. The van der Waals surface area contributed by atoms with Gasteiger partial charge in [0.2, 0.25) is 11.8 Å². The summed E-state index contributed by atoms with van der Waals surface area (Å²) in [7, 11) is 1.59. The van der Waals surface area contributed by atoms with Gasteiger partial charge >= 0.3 is 5.97 Å². The molecule has 0 aromatic heterocycles. The Labute approximate surface area is 147 Å². The zero-order valence-electron chi connectivity index (χ0n) is 14.7. The Balaban J connectivity index is 1.99. The maximum absolute atomic E-state index is 12.4. The first-order valence-corrected chi connectivity index (χ1v) is 8.25. The first kappa shape index (κ1) is 18.8. The van der Waals surface area contributed by atoms with Crippen molar-refractivity contribution >= 4 is 17.8 Å². The molecule has 1 saturated heterocycles. The number of likely N-dealkylation sites (tertiary alicyclic amines) is 1. The molecule has 25 heavy (non-hydrogen) atoms. The van der Waals surface area contributed by atoms with Crippen molar-refractivity contribution in [1.82, 2.24) is 10.2 Å². The van der Waals surface area contributed by atoms with Crippen molar-refractivity contribution in [2.75, 3.05) is 13.7 Å². The van der Waals surface area contributed by atoms with Gasteiger partial charge < -0.3 is 20.1 Å². The highest BCUT2D eigenvalue weighted by molar-refractivity contribution is 5.92. The minimum Gasteiger partial charge on any atom is -0.497 e. The monoisotopic (exact) mass is 348 g/mol. The summed E-state index contributed by atoms with van der Waals surface area (Å²) in [4.78, 5) is 37.5. The van der Waals surface area contributed by atoms with Crippen LogP contribution in [0, 0.1) is 5.92 Å². The van der Waals surface area contributed by atoms with E-state index in [2.05, 4.69) is 5.32 Å². The Morgan fingerprint density at radius 3 is 2.52 bits per heavy atom. The number of hydrogen-bond acceptors (Lipinski definition) is 4. The number of carboxylic acids is 1. The van der Waals surface area contributed by atoms with Crippen LogP contribution >= 0.6 is 0 Å². The molecule has 0 radical (unpaired) electrons. The molecule has 0 spiro atoms. The SMILES string of the molecule is CCC(C)(NC(=O)C1CC(=O)N(Cc2ccc(OC)cc2)C1)C(=O)O. The van der Waals surface area contributed by atoms with Gasteiger partial charge in [-0.2, -0.15) is 0 Å². The summed E-state index contributed by atoms with van der Waals surface area (Å²) in [6.07, 6.45) is 0.367. The lowest BCUT2D eigenvalue weighted by molar-refractivity contribution is -0.147. The van der Waals surface area contributed by atoms with Crippen molar-refractivity contribution in [2.24, 2.45) is 5.92 Å². The average Bonchev–Trinajstić information content (AvgIpc) is 2.96. The van der Waals surface area contributed by atoms with Gasteiger partial charge in [0.05, 0.1) is 13.0 Å². The van der Waals surface area contributed by atoms with Crippen molar-refractivity contribution in [1.29, 1.82) is 0 Å². The highest BCUT2D eigenvalue weighted by Gasteiger charge is 2.39. The molecule has 1 heterocycles. The molecule has 7 heteroatoms. The molecule has 2 N–H and O–H groups in total. The Hall–Kier alpha value is -2.57. The molecule has 1 fully saturated rings. The molecule has 1 aliphatic rings. The van der Waals surface area contributed by atoms with Gasteiger partial charge in [-0.3, -0.25) is 9.59 Å². The molecule has 1 aliphatic heterocycles. The van der Waals surface area contributed by atoms with Crippen molar-refractivity contribution in [3.63, 3.8) is 0 Å². The van der Waals surface area contributed by atoms with Crippen LogP contribution in [0.2, 0.25) is 0 Å². The van der Waals surface area contributed by atoms with E-state index in [-0.39, 0.29) is 25.3 Å². The molecule has 136 valence electrons. The zero-order valence-corrected chi connectivity index (χ0v) is 14.7. The molecule has 2 unspecified atom stereocenters. The molecule has 2 amide bonds. The van der Waals surface area contributed by atoms with Crippen LogP contribution in [0.4, 0.5) is 0 Å². The molecule has 0 bridgehead atoms. The fraction of sp³-hybridized carbons (Fsp3) is 0.500. The van der Waals surface area contributed by atoms with Crippen LogP contribution in [0.1, 0.15) is 32.3 Å². The number of amides is 2. The number of ether oxygens (including phenoxy) is 1. The van der Waals surface area contributed by atoms with Gasteiger partial charge in [0.15, 0.2) is 0 Å². The largest absolute Gasteiger partial charge is 0.497 e. The van der Waals surface area contributed by atoms with E-state index in [0.29, 0.717) is 6.54 Å². The van der Waals surface area contributed by atoms with Crippen LogP contribution in [-0.2, 0) is 20.9 Å². The fourth-order valence-corrected chi connectivity index (χ4v) is 2.72. The summed E-state index contributed by atoms with van der Waals surface area (Å²) >= 11 is 0. The van der Waals surface area contributed by atoms with E-state index in [1.54, 1.807) is 18.9 Å². The van der Waals surface area contributed by atoms with E-state index >= 15 is 0 Å². The van der Waals surface area contributed by atoms with Crippen molar-refractivity contribution in [3.8, 4) is 5.75 Å². The molecule has 1 aromatic rings. The van der Waals surface area contributed by atoms with E-state index < -0.39 is 23.3 Å². The minimum absolute atomic E-state index is 0.0986. The van der Waals surface area contributed by atoms with Gasteiger partial charge in [0.1, 0.15) is 11.3 Å². The van der Waals surface area contributed by atoms with Gasteiger partial charge in [-0.15, -0.1) is 0 Å². The van der Waals surface area contributed by atoms with Crippen LogP contribution in [0.15, 0.2) is 24.3 Å². The summed E-state index contributed by atoms with van der Waals surface area (Å²) in [5.41, 5.74) is -0.372. The lowest BCUT2D eigenvalue weighted by Gasteiger charge is -2.26. The fourth-order valence-electron chi connectivity index (χ4n) is 2.72. The highest BCUT2D eigenvalue weighted by Crippen LogP contribution is 2.22. The number of nitrogens with one attached hydrogen (secondary N) is 1. The number of carboxylic acid groups (broad SMARTS) is 1. The topological polar surface area (TPSA) is 95.9 Å². The predicted octanol–water partition coefficient (Wildman–Crippen LogP) is 1.41.